The van der Waals surface area contributed by atoms with Crippen molar-refractivity contribution in [3.05, 3.63) is 62.1 Å². The lowest BCUT2D eigenvalue weighted by molar-refractivity contribution is -0.146. The molecule has 0 aromatic heterocycles. The van der Waals surface area contributed by atoms with Gasteiger partial charge in [0.2, 0.25) is 0 Å². The summed E-state index contributed by atoms with van der Waals surface area (Å²) in [5, 5.41) is -0.494. The van der Waals surface area contributed by atoms with Crippen LogP contribution in [0.1, 0.15) is 37.8 Å². The third-order valence-electron chi connectivity index (χ3n) is 4.78. The Morgan fingerprint density at radius 2 is 1.88 bits per heavy atom. The maximum atomic E-state index is 12.8. The molecular formula is C25H26INO6S. The minimum atomic E-state index is -0.593. The molecule has 0 saturated carbocycles. The van der Waals surface area contributed by atoms with Gasteiger partial charge in [-0.15, -0.1) is 0 Å². The van der Waals surface area contributed by atoms with E-state index >= 15 is 0 Å². The highest BCUT2D eigenvalue weighted by atomic mass is 127. The van der Waals surface area contributed by atoms with Crippen LogP contribution in [0.5, 0.6) is 11.5 Å². The van der Waals surface area contributed by atoms with Crippen molar-refractivity contribution in [2.45, 2.75) is 33.3 Å². The molecule has 9 heteroatoms. The second kappa shape index (κ2) is 12.8. The number of hydrogen-bond acceptors (Lipinski definition) is 7. The van der Waals surface area contributed by atoms with E-state index in [1.54, 1.807) is 12.1 Å². The molecule has 180 valence electrons. The number of halogens is 1. The lowest BCUT2D eigenvalue weighted by Gasteiger charge is -2.15. The number of unbranched alkanes of at least 4 members (excludes halogenated alkanes) is 1. The Morgan fingerprint density at radius 1 is 1.12 bits per heavy atom. The quantitative estimate of drug-likeness (QED) is 0.144. The van der Waals surface area contributed by atoms with Crippen LogP contribution in [0.2, 0.25) is 0 Å². The summed E-state index contributed by atoms with van der Waals surface area (Å²) in [5.74, 6) is 0.0617. The first-order chi connectivity index (χ1) is 16.4. The van der Waals surface area contributed by atoms with E-state index in [0.717, 1.165) is 38.6 Å². The summed E-state index contributed by atoms with van der Waals surface area (Å²) in [7, 11) is 0. The van der Waals surface area contributed by atoms with Gasteiger partial charge >= 0.3 is 5.97 Å². The number of nitrogens with zero attached hydrogens (tertiary/aromatic N) is 1. The van der Waals surface area contributed by atoms with Crippen LogP contribution in [0, 0.1) is 3.57 Å². The van der Waals surface area contributed by atoms with Gasteiger partial charge < -0.3 is 14.2 Å². The summed E-state index contributed by atoms with van der Waals surface area (Å²) in [6, 6.07) is 13.5. The van der Waals surface area contributed by atoms with Crippen molar-refractivity contribution in [2.75, 3.05) is 19.8 Å². The molecule has 0 bridgehead atoms. The molecule has 2 amide bonds. The number of esters is 1. The number of rotatable bonds is 11. The van der Waals surface area contributed by atoms with E-state index in [1.165, 1.54) is 0 Å². The topological polar surface area (TPSA) is 82.1 Å². The van der Waals surface area contributed by atoms with Crippen LogP contribution in [0.3, 0.4) is 0 Å². The predicted octanol–water partition coefficient (Wildman–Crippen LogP) is 5.65. The zero-order chi connectivity index (χ0) is 24.5. The minimum Gasteiger partial charge on any atom is -0.490 e. The molecule has 3 rings (SSSR count). The van der Waals surface area contributed by atoms with E-state index in [9.17, 15) is 14.4 Å². The maximum absolute atomic E-state index is 12.8. The molecule has 1 saturated heterocycles. The number of carbonyl (C=O) groups excluding carboxylic acids is 3. The molecular weight excluding hydrogens is 569 g/mol. The van der Waals surface area contributed by atoms with Crippen LogP contribution in [0.25, 0.3) is 6.08 Å². The van der Waals surface area contributed by atoms with E-state index < -0.39 is 17.1 Å². The van der Waals surface area contributed by atoms with Gasteiger partial charge in [0.25, 0.3) is 11.1 Å². The third kappa shape index (κ3) is 6.99. The van der Waals surface area contributed by atoms with E-state index in [2.05, 4.69) is 22.6 Å². The van der Waals surface area contributed by atoms with Crippen molar-refractivity contribution in [1.82, 2.24) is 4.90 Å². The average Bonchev–Trinajstić information content (AvgIpc) is 3.07. The highest BCUT2D eigenvalue weighted by Crippen LogP contribution is 2.37. The van der Waals surface area contributed by atoms with Gasteiger partial charge in [-0.25, -0.2) is 0 Å². The largest absolute Gasteiger partial charge is 0.490 e. The van der Waals surface area contributed by atoms with E-state index in [-0.39, 0.29) is 18.1 Å². The minimum absolute atomic E-state index is 0.238. The van der Waals surface area contributed by atoms with Crippen LogP contribution >= 0.6 is 34.4 Å². The molecule has 1 aliphatic heterocycles. The van der Waals surface area contributed by atoms with Gasteiger partial charge in [-0.3, -0.25) is 19.3 Å². The maximum Gasteiger partial charge on any atom is 0.326 e. The monoisotopic (exact) mass is 595 g/mol. The Labute approximate surface area is 217 Å². The van der Waals surface area contributed by atoms with Crippen LogP contribution < -0.4 is 9.47 Å². The molecule has 0 atom stereocenters. The number of imide groups is 1. The zero-order valence-corrected chi connectivity index (χ0v) is 22.0. The Kier molecular flexibility index (Phi) is 9.82. The molecule has 7 nitrogen and oxygen atoms in total. The zero-order valence-electron chi connectivity index (χ0n) is 19.0. The average molecular weight is 595 g/mol. The summed E-state index contributed by atoms with van der Waals surface area (Å²) in [4.78, 5) is 38.2. The van der Waals surface area contributed by atoms with Crippen molar-refractivity contribution < 1.29 is 28.6 Å². The van der Waals surface area contributed by atoms with E-state index in [1.807, 2.05) is 50.2 Å². The van der Waals surface area contributed by atoms with Crippen LogP contribution in [-0.4, -0.2) is 41.8 Å². The van der Waals surface area contributed by atoms with Gasteiger partial charge in [0.05, 0.1) is 21.7 Å². The normalized spacial score (nSPS) is 14.6. The smallest absolute Gasteiger partial charge is 0.326 e. The Morgan fingerprint density at radius 3 is 2.59 bits per heavy atom. The fourth-order valence-electron chi connectivity index (χ4n) is 3.10. The van der Waals surface area contributed by atoms with Crippen LogP contribution in [0.15, 0.2) is 47.4 Å². The van der Waals surface area contributed by atoms with Gasteiger partial charge in [-0.05, 0) is 77.0 Å². The molecule has 0 spiro atoms. The molecule has 1 fully saturated rings. The second-order valence-electron chi connectivity index (χ2n) is 7.38. The first kappa shape index (κ1) is 26.1. The van der Waals surface area contributed by atoms with Crippen LogP contribution in [0.4, 0.5) is 4.79 Å². The highest BCUT2D eigenvalue weighted by molar-refractivity contribution is 14.1. The number of carbonyl (C=O) groups is 3. The highest BCUT2D eigenvalue weighted by Gasteiger charge is 2.36. The fourth-order valence-corrected chi connectivity index (χ4v) is 4.72. The van der Waals surface area contributed by atoms with Gasteiger partial charge in [0, 0.05) is 0 Å². The standard InChI is InChI=1S/C25H26INO6S/c1-3-5-11-32-22(28)15-27-24(29)21(34-25(27)30)14-18-12-19(26)23(20(13-18)31-4-2)33-16-17-9-7-6-8-10-17/h6-10,12-14H,3-5,11,15-16H2,1-2H3/b21-14+. The summed E-state index contributed by atoms with van der Waals surface area (Å²) in [6.45, 7) is 4.58. The number of amides is 2. The molecule has 0 unspecified atom stereocenters. The number of benzene rings is 2. The summed E-state index contributed by atoms with van der Waals surface area (Å²) < 4.78 is 17.7. The van der Waals surface area contributed by atoms with Gasteiger partial charge in [-0.1, -0.05) is 43.7 Å². The number of thioether (sulfide) groups is 1. The van der Waals surface area contributed by atoms with Crippen molar-refractivity contribution >= 4 is 57.5 Å². The van der Waals surface area contributed by atoms with E-state index in [0.29, 0.717) is 30.3 Å². The fraction of sp³-hybridized carbons (Fsp3) is 0.320. The second-order valence-corrected chi connectivity index (χ2v) is 9.53. The van der Waals surface area contributed by atoms with Crippen LogP contribution in [-0.2, 0) is 20.9 Å². The lowest BCUT2D eigenvalue weighted by Crippen LogP contribution is -2.34. The lowest BCUT2D eigenvalue weighted by atomic mass is 10.1. The SMILES string of the molecule is CCCCOC(=O)CN1C(=O)S/C(=C/c2cc(I)c(OCc3ccccc3)c(OCC)c2)C1=O. The molecule has 0 radical (unpaired) electrons. The Hall–Kier alpha value is -2.53. The molecule has 1 heterocycles. The van der Waals surface area contributed by atoms with Crippen molar-refractivity contribution in [2.24, 2.45) is 0 Å². The summed E-state index contributed by atoms with van der Waals surface area (Å²) in [5.41, 5.74) is 1.72. The van der Waals surface area contributed by atoms with Crippen molar-refractivity contribution in [3.63, 3.8) is 0 Å². The number of hydrogen-bond donors (Lipinski definition) is 0. The van der Waals surface area contributed by atoms with Gasteiger partial charge in [0.15, 0.2) is 11.5 Å². The molecule has 34 heavy (non-hydrogen) atoms. The molecule has 0 N–H and O–H groups in total. The third-order valence-corrected chi connectivity index (χ3v) is 6.49. The predicted molar refractivity (Wildman–Crippen MR) is 140 cm³/mol. The van der Waals surface area contributed by atoms with E-state index in [4.69, 9.17) is 14.2 Å². The Bertz CT molecular complexity index is 1070. The molecule has 0 aliphatic carbocycles. The molecule has 2 aromatic carbocycles. The summed E-state index contributed by atoms with van der Waals surface area (Å²) >= 11 is 2.96. The first-order valence-corrected chi connectivity index (χ1v) is 12.9. The molecule has 2 aromatic rings. The van der Waals surface area contributed by atoms with Crippen molar-refractivity contribution in [1.29, 1.82) is 0 Å². The Balaban J connectivity index is 1.76. The number of ether oxygens (including phenoxy) is 3. The molecule has 1 aliphatic rings. The first-order valence-electron chi connectivity index (χ1n) is 11.0. The van der Waals surface area contributed by atoms with Gasteiger partial charge in [0.1, 0.15) is 13.2 Å². The van der Waals surface area contributed by atoms with Gasteiger partial charge in [-0.2, -0.15) is 0 Å². The summed E-state index contributed by atoms with van der Waals surface area (Å²) in [6.07, 6.45) is 3.24. The van der Waals surface area contributed by atoms with Crippen molar-refractivity contribution in [3.8, 4) is 11.5 Å².